The Hall–Kier alpha value is -1.75. The second-order valence-electron chi connectivity index (χ2n) is 5.34. The Morgan fingerprint density at radius 1 is 1.29 bits per heavy atom. The third-order valence-corrected chi connectivity index (χ3v) is 4.10. The zero-order valence-electron chi connectivity index (χ0n) is 12.9. The quantitative estimate of drug-likeness (QED) is 0.922. The Morgan fingerprint density at radius 3 is 2.43 bits per heavy atom. The lowest BCUT2D eigenvalue weighted by molar-refractivity contribution is 0.0502. The van der Waals surface area contributed by atoms with Gasteiger partial charge in [-0.1, -0.05) is 0 Å². The average Bonchev–Trinajstić information content (AvgIpc) is 2.54. The summed E-state index contributed by atoms with van der Waals surface area (Å²) in [6.07, 6.45) is 2.88. The fraction of sp³-hybridized carbons (Fsp3) is 0.562. The lowest BCUT2D eigenvalue weighted by atomic mass is 10.0. The van der Waals surface area contributed by atoms with Crippen LogP contribution in [0.1, 0.15) is 35.2 Å². The van der Waals surface area contributed by atoms with Crippen molar-refractivity contribution in [3.05, 3.63) is 23.3 Å². The number of methoxy groups -OCH3 is 2. The van der Waals surface area contributed by atoms with Gasteiger partial charge in [0.15, 0.2) is 0 Å². The summed E-state index contributed by atoms with van der Waals surface area (Å²) >= 11 is 0. The highest BCUT2D eigenvalue weighted by Crippen LogP contribution is 2.31. The molecule has 1 fully saturated rings. The highest BCUT2D eigenvalue weighted by atomic mass is 16.5. The first kappa shape index (κ1) is 15.6. The van der Waals surface area contributed by atoms with E-state index in [1.807, 2.05) is 6.92 Å². The van der Waals surface area contributed by atoms with Crippen molar-refractivity contribution in [3.63, 3.8) is 0 Å². The van der Waals surface area contributed by atoms with E-state index in [1.165, 1.54) is 0 Å². The van der Waals surface area contributed by atoms with Crippen LogP contribution in [0.3, 0.4) is 0 Å². The van der Waals surface area contributed by atoms with Crippen LogP contribution >= 0.6 is 0 Å². The van der Waals surface area contributed by atoms with Gasteiger partial charge in [0.2, 0.25) is 0 Å². The summed E-state index contributed by atoms with van der Waals surface area (Å²) in [5.41, 5.74) is 1.41. The van der Waals surface area contributed by atoms with Crippen LogP contribution in [0, 0.1) is 6.92 Å². The van der Waals surface area contributed by atoms with Gasteiger partial charge in [0, 0.05) is 17.7 Å². The summed E-state index contributed by atoms with van der Waals surface area (Å²) in [5, 5.41) is 9.46. The second kappa shape index (κ2) is 6.80. The molecule has 5 heteroatoms. The van der Waals surface area contributed by atoms with Crippen LogP contribution < -0.4 is 9.47 Å². The summed E-state index contributed by atoms with van der Waals surface area (Å²) in [6.45, 7) is 2.58. The summed E-state index contributed by atoms with van der Waals surface area (Å²) in [5.74, 6) is 1.19. The zero-order valence-corrected chi connectivity index (χ0v) is 12.9. The predicted octanol–water partition coefficient (Wildman–Crippen LogP) is 2.00. The fourth-order valence-electron chi connectivity index (χ4n) is 2.83. The highest BCUT2D eigenvalue weighted by molar-refractivity contribution is 5.95. The first-order chi connectivity index (χ1) is 10.1. The Morgan fingerprint density at radius 2 is 1.90 bits per heavy atom. The molecule has 1 aliphatic rings. The van der Waals surface area contributed by atoms with Crippen LogP contribution in [0.15, 0.2) is 12.1 Å². The van der Waals surface area contributed by atoms with Gasteiger partial charge in [-0.2, -0.15) is 0 Å². The Kier molecular flexibility index (Phi) is 5.07. The molecule has 0 aliphatic carbocycles. The van der Waals surface area contributed by atoms with Gasteiger partial charge >= 0.3 is 0 Å². The van der Waals surface area contributed by atoms with Crippen molar-refractivity contribution in [2.45, 2.75) is 32.2 Å². The maximum absolute atomic E-state index is 12.7. The number of piperidine rings is 1. The van der Waals surface area contributed by atoms with Gasteiger partial charge in [0.25, 0.3) is 5.91 Å². The smallest absolute Gasteiger partial charge is 0.254 e. The number of likely N-dealkylation sites (tertiary alicyclic amines) is 1. The molecule has 1 heterocycles. The lowest BCUT2D eigenvalue weighted by Gasteiger charge is -2.34. The molecule has 1 unspecified atom stereocenters. The zero-order chi connectivity index (χ0) is 15.4. The lowest BCUT2D eigenvalue weighted by Crippen LogP contribution is -2.45. The molecule has 0 aromatic heterocycles. The molecule has 1 atom stereocenters. The van der Waals surface area contributed by atoms with Gasteiger partial charge in [-0.15, -0.1) is 0 Å². The largest absolute Gasteiger partial charge is 0.496 e. The van der Waals surface area contributed by atoms with E-state index in [1.54, 1.807) is 31.3 Å². The molecule has 116 valence electrons. The topological polar surface area (TPSA) is 59.0 Å². The van der Waals surface area contributed by atoms with Crippen LogP contribution in [-0.4, -0.2) is 49.3 Å². The van der Waals surface area contributed by atoms with Gasteiger partial charge in [0.1, 0.15) is 11.5 Å². The van der Waals surface area contributed by atoms with Crippen molar-refractivity contribution in [2.75, 3.05) is 27.4 Å². The molecule has 0 saturated carbocycles. The predicted molar refractivity (Wildman–Crippen MR) is 80.0 cm³/mol. The molecule has 1 saturated heterocycles. The molecule has 0 radical (unpaired) electrons. The third kappa shape index (κ3) is 3.13. The molecule has 0 bridgehead atoms. The number of hydrogen-bond donors (Lipinski definition) is 1. The van der Waals surface area contributed by atoms with Gasteiger partial charge in [-0.05, 0) is 38.3 Å². The van der Waals surface area contributed by atoms with E-state index in [2.05, 4.69) is 0 Å². The molecule has 21 heavy (non-hydrogen) atoms. The number of hydrogen-bond acceptors (Lipinski definition) is 4. The number of benzene rings is 1. The van der Waals surface area contributed by atoms with Gasteiger partial charge in [-0.25, -0.2) is 0 Å². The van der Waals surface area contributed by atoms with Crippen LogP contribution in [-0.2, 0) is 0 Å². The van der Waals surface area contributed by atoms with E-state index in [-0.39, 0.29) is 18.6 Å². The summed E-state index contributed by atoms with van der Waals surface area (Å²) in [4.78, 5) is 14.5. The minimum atomic E-state index is -0.0930. The number of carbonyl (C=O) groups is 1. The maximum Gasteiger partial charge on any atom is 0.254 e. The van der Waals surface area contributed by atoms with Gasteiger partial charge in [-0.3, -0.25) is 4.79 Å². The van der Waals surface area contributed by atoms with Crippen LogP contribution in [0.25, 0.3) is 0 Å². The Bertz CT molecular complexity index is 490. The molecule has 1 aliphatic heterocycles. The van der Waals surface area contributed by atoms with E-state index in [0.717, 1.165) is 24.8 Å². The standard InChI is InChI=1S/C16H23NO4/c1-11-14(20-2)8-12(9-15(11)21-3)16(19)17-7-5-4-6-13(17)10-18/h8-9,13,18H,4-7,10H2,1-3H3. The number of rotatable bonds is 4. The van der Waals surface area contributed by atoms with Gasteiger partial charge in [0.05, 0.1) is 26.9 Å². The molecule has 1 N–H and O–H groups in total. The Balaban J connectivity index is 2.33. The SMILES string of the molecule is COc1cc(C(=O)N2CCCCC2CO)cc(OC)c1C. The summed E-state index contributed by atoms with van der Waals surface area (Å²) < 4.78 is 10.6. The number of aliphatic hydroxyl groups is 1. The van der Waals surface area contributed by atoms with E-state index in [9.17, 15) is 9.90 Å². The molecule has 5 nitrogen and oxygen atoms in total. The number of carbonyl (C=O) groups excluding carboxylic acids is 1. The average molecular weight is 293 g/mol. The first-order valence-electron chi connectivity index (χ1n) is 7.26. The fourth-order valence-corrected chi connectivity index (χ4v) is 2.83. The molecule has 1 aromatic carbocycles. The normalized spacial score (nSPS) is 18.5. The number of amides is 1. The third-order valence-electron chi connectivity index (χ3n) is 4.10. The summed E-state index contributed by atoms with van der Waals surface area (Å²) in [6, 6.07) is 3.39. The monoisotopic (exact) mass is 293 g/mol. The minimum Gasteiger partial charge on any atom is -0.496 e. The van der Waals surface area contributed by atoms with Crippen molar-refractivity contribution in [3.8, 4) is 11.5 Å². The molecule has 2 rings (SSSR count). The van der Waals surface area contributed by atoms with Crippen LogP contribution in [0.4, 0.5) is 0 Å². The molecule has 1 aromatic rings. The molecule has 0 spiro atoms. The van der Waals surface area contributed by atoms with E-state index < -0.39 is 0 Å². The van der Waals surface area contributed by atoms with Crippen molar-refractivity contribution < 1.29 is 19.4 Å². The van der Waals surface area contributed by atoms with E-state index in [4.69, 9.17) is 9.47 Å². The molecule has 1 amide bonds. The van der Waals surface area contributed by atoms with Crippen molar-refractivity contribution in [1.82, 2.24) is 4.90 Å². The van der Waals surface area contributed by atoms with Crippen molar-refractivity contribution >= 4 is 5.91 Å². The summed E-state index contributed by atoms with van der Waals surface area (Å²) in [7, 11) is 3.15. The number of nitrogens with zero attached hydrogens (tertiary/aromatic N) is 1. The van der Waals surface area contributed by atoms with Gasteiger partial charge < -0.3 is 19.5 Å². The first-order valence-corrected chi connectivity index (χ1v) is 7.26. The van der Waals surface area contributed by atoms with Crippen LogP contribution in [0.2, 0.25) is 0 Å². The Labute approximate surface area is 125 Å². The van der Waals surface area contributed by atoms with E-state index >= 15 is 0 Å². The van der Waals surface area contributed by atoms with E-state index in [0.29, 0.717) is 23.6 Å². The van der Waals surface area contributed by atoms with Crippen molar-refractivity contribution in [2.24, 2.45) is 0 Å². The minimum absolute atomic E-state index is 0.00582. The number of ether oxygens (including phenoxy) is 2. The number of aliphatic hydroxyl groups excluding tert-OH is 1. The highest BCUT2D eigenvalue weighted by Gasteiger charge is 2.27. The van der Waals surface area contributed by atoms with Crippen molar-refractivity contribution in [1.29, 1.82) is 0 Å². The maximum atomic E-state index is 12.7. The van der Waals surface area contributed by atoms with Crippen LogP contribution in [0.5, 0.6) is 11.5 Å². The molecular weight excluding hydrogens is 270 g/mol. The second-order valence-corrected chi connectivity index (χ2v) is 5.34. The molecular formula is C16H23NO4.